The van der Waals surface area contributed by atoms with Gasteiger partial charge in [0, 0.05) is 12.5 Å². The van der Waals surface area contributed by atoms with Crippen LogP contribution in [0.15, 0.2) is 5.16 Å². The number of nitrogens with zero attached hydrogens (tertiary/aromatic N) is 3. The van der Waals surface area contributed by atoms with Gasteiger partial charge in [-0.05, 0) is 31.8 Å². The summed E-state index contributed by atoms with van der Waals surface area (Å²) in [4.78, 5) is 2.34. The van der Waals surface area contributed by atoms with E-state index in [0.29, 0.717) is 11.6 Å². The van der Waals surface area contributed by atoms with Crippen LogP contribution in [0.25, 0.3) is 0 Å². The molecule has 3 saturated heterocycles. The van der Waals surface area contributed by atoms with Crippen molar-refractivity contribution in [2.24, 2.45) is 17.0 Å². The van der Waals surface area contributed by atoms with E-state index in [9.17, 15) is 0 Å². The van der Waals surface area contributed by atoms with Crippen LogP contribution in [0, 0.1) is 23.2 Å². The van der Waals surface area contributed by atoms with Crippen LogP contribution in [0.4, 0.5) is 0 Å². The highest BCUT2D eigenvalue weighted by Crippen LogP contribution is 2.32. The first-order valence-electron chi connectivity index (χ1n) is 4.69. The maximum absolute atomic E-state index is 8.75. The minimum absolute atomic E-state index is 0.178. The van der Waals surface area contributed by atoms with Crippen LogP contribution in [-0.4, -0.2) is 35.5 Å². The van der Waals surface area contributed by atoms with Gasteiger partial charge >= 0.3 is 0 Å². The first kappa shape index (κ1) is 8.52. The fourth-order valence-corrected chi connectivity index (χ4v) is 2.45. The van der Waals surface area contributed by atoms with E-state index in [0.717, 1.165) is 32.5 Å². The standard InChI is InChI=1S/C9H13N3O/c10-5-9(11-13)8-6-12-3-1-7(8)2-4-12/h7-8,13H,1-4,6H2/b11-9-. The molecule has 4 nitrogen and oxygen atoms in total. The molecule has 70 valence electrons. The fourth-order valence-electron chi connectivity index (χ4n) is 2.45. The Hall–Kier alpha value is -1.08. The molecule has 4 heteroatoms. The highest BCUT2D eigenvalue weighted by atomic mass is 16.4. The second-order valence-electron chi connectivity index (χ2n) is 3.84. The summed E-state index contributed by atoms with van der Waals surface area (Å²) < 4.78 is 0. The predicted molar refractivity (Wildman–Crippen MR) is 47.5 cm³/mol. The van der Waals surface area contributed by atoms with Crippen molar-refractivity contribution in [2.75, 3.05) is 19.6 Å². The van der Waals surface area contributed by atoms with Gasteiger partial charge in [0.1, 0.15) is 6.07 Å². The minimum Gasteiger partial charge on any atom is -0.410 e. The van der Waals surface area contributed by atoms with Gasteiger partial charge in [-0.15, -0.1) is 0 Å². The molecule has 3 aliphatic rings. The number of fused-ring (bicyclic) bond motifs is 3. The van der Waals surface area contributed by atoms with Gasteiger partial charge in [-0.2, -0.15) is 5.26 Å². The van der Waals surface area contributed by atoms with Gasteiger partial charge in [-0.3, -0.25) is 0 Å². The summed E-state index contributed by atoms with van der Waals surface area (Å²) in [6.45, 7) is 3.19. The largest absolute Gasteiger partial charge is 0.410 e. The van der Waals surface area contributed by atoms with E-state index in [1.54, 1.807) is 0 Å². The summed E-state index contributed by atoms with van der Waals surface area (Å²) in [5, 5.41) is 20.5. The third kappa shape index (κ3) is 1.40. The van der Waals surface area contributed by atoms with Crippen LogP contribution < -0.4 is 0 Å². The zero-order valence-corrected chi connectivity index (χ0v) is 7.48. The van der Waals surface area contributed by atoms with Gasteiger partial charge in [0.05, 0.1) is 0 Å². The molecule has 1 atom stereocenters. The van der Waals surface area contributed by atoms with Gasteiger partial charge in [-0.1, -0.05) is 5.16 Å². The SMILES string of the molecule is N#C/C(=N/O)C1CN2CCC1CC2. The lowest BCUT2D eigenvalue weighted by Crippen LogP contribution is -2.49. The molecule has 1 unspecified atom stereocenters. The third-order valence-electron chi connectivity index (χ3n) is 3.23. The Morgan fingerprint density at radius 3 is 2.54 bits per heavy atom. The lowest BCUT2D eigenvalue weighted by molar-refractivity contribution is 0.0811. The van der Waals surface area contributed by atoms with Gasteiger partial charge in [-0.25, -0.2) is 0 Å². The van der Waals surface area contributed by atoms with Crippen molar-refractivity contribution in [2.45, 2.75) is 12.8 Å². The Balaban J connectivity index is 2.13. The zero-order valence-electron chi connectivity index (χ0n) is 7.48. The highest BCUT2D eigenvalue weighted by Gasteiger charge is 2.37. The summed E-state index contributed by atoms with van der Waals surface area (Å²) in [5.74, 6) is 0.744. The fraction of sp³-hybridized carbons (Fsp3) is 0.778. The van der Waals surface area contributed by atoms with Crippen molar-refractivity contribution in [1.29, 1.82) is 5.26 Å². The van der Waals surface area contributed by atoms with Crippen LogP contribution in [0.5, 0.6) is 0 Å². The van der Waals surface area contributed by atoms with Gasteiger partial charge in [0.25, 0.3) is 0 Å². The molecule has 0 amide bonds. The van der Waals surface area contributed by atoms with Gasteiger partial charge < -0.3 is 10.1 Å². The molecule has 1 N–H and O–H groups in total. The molecule has 0 spiro atoms. The number of hydrogen-bond acceptors (Lipinski definition) is 4. The summed E-state index contributed by atoms with van der Waals surface area (Å²) >= 11 is 0. The zero-order chi connectivity index (χ0) is 9.26. The van der Waals surface area contributed by atoms with Crippen molar-refractivity contribution in [1.82, 2.24) is 4.90 Å². The van der Waals surface area contributed by atoms with E-state index in [1.807, 2.05) is 6.07 Å². The minimum atomic E-state index is 0.178. The van der Waals surface area contributed by atoms with E-state index in [-0.39, 0.29) is 5.92 Å². The van der Waals surface area contributed by atoms with Gasteiger partial charge in [0.15, 0.2) is 5.71 Å². The van der Waals surface area contributed by atoms with Crippen LogP contribution >= 0.6 is 0 Å². The van der Waals surface area contributed by atoms with Crippen molar-refractivity contribution >= 4 is 5.71 Å². The Morgan fingerprint density at radius 2 is 2.15 bits per heavy atom. The maximum Gasteiger partial charge on any atom is 0.161 e. The average Bonchev–Trinajstić information content (AvgIpc) is 2.22. The van der Waals surface area contributed by atoms with Crippen molar-refractivity contribution in [3.8, 4) is 6.07 Å². The molecular formula is C9H13N3O. The molecule has 3 aliphatic heterocycles. The second kappa shape index (κ2) is 3.35. The molecule has 0 aromatic rings. The molecular weight excluding hydrogens is 166 g/mol. The quantitative estimate of drug-likeness (QED) is 0.366. The van der Waals surface area contributed by atoms with E-state index in [2.05, 4.69) is 10.1 Å². The molecule has 2 bridgehead atoms. The van der Waals surface area contributed by atoms with Gasteiger partial charge in [0.2, 0.25) is 0 Å². The third-order valence-corrected chi connectivity index (χ3v) is 3.23. The number of piperidine rings is 3. The Labute approximate surface area is 77.4 Å². The monoisotopic (exact) mass is 179 g/mol. The summed E-state index contributed by atoms with van der Waals surface area (Å²) in [6.07, 6.45) is 2.29. The molecule has 13 heavy (non-hydrogen) atoms. The maximum atomic E-state index is 8.75. The molecule has 0 saturated carbocycles. The van der Waals surface area contributed by atoms with E-state index in [4.69, 9.17) is 10.5 Å². The molecule has 0 aromatic carbocycles. The predicted octanol–water partition coefficient (Wildman–Crippen LogP) is 0.682. The molecule has 0 aromatic heterocycles. The second-order valence-corrected chi connectivity index (χ2v) is 3.84. The average molecular weight is 179 g/mol. The molecule has 3 heterocycles. The number of nitriles is 1. The Bertz CT molecular complexity index is 261. The van der Waals surface area contributed by atoms with Crippen LogP contribution in [0.3, 0.4) is 0 Å². The first-order valence-corrected chi connectivity index (χ1v) is 4.69. The van der Waals surface area contributed by atoms with Crippen LogP contribution in [-0.2, 0) is 0 Å². The summed E-state index contributed by atoms with van der Waals surface area (Å²) in [7, 11) is 0. The number of rotatable bonds is 1. The Kier molecular flexibility index (Phi) is 2.19. The summed E-state index contributed by atoms with van der Waals surface area (Å²) in [6, 6.07) is 1.98. The normalized spacial score (nSPS) is 38.7. The number of hydrogen-bond donors (Lipinski definition) is 1. The van der Waals surface area contributed by atoms with E-state index < -0.39 is 0 Å². The molecule has 3 rings (SSSR count). The molecule has 0 radical (unpaired) electrons. The van der Waals surface area contributed by atoms with Crippen molar-refractivity contribution in [3.05, 3.63) is 0 Å². The lowest BCUT2D eigenvalue weighted by Gasteiger charge is -2.43. The van der Waals surface area contributed by atoms with Crippen molar-refractivity contribution < 1.29 is 5.21 Å². The topological polar surface area (TPSA) is 59.6 Å². The van der Waals surface area contributed by atoms with Crippen LogP contribution in [0.2, 0.25) is 0 Å². The Morgan fingerprint density at radius 1 is 1.46 bits per heavy atom. The molecule has 3 fully saturated rings. The van der Waals surface area contributed by atoms with E-state index >= 15 is 0 Å². The van der Waals surface area contributed by atoms with E-state index in [1.165, 1.54) is 0 Å². The summed E-state index contributed by atoms with van der Waals surface area (Å²) in [5.41, 5.74) is 0.314. The smallest absolute Gasteiger partial charge is 0.161 e. The van der Waals surface area contributed by atoms with Crippen LogP contribution in [0.1, 0.15) is 12.8 Å². The highest BCUT2D eigenvalue weighted by molar-refractivity contribution is 6.00. The molecule has 0 aliphatic carbocycles. The number of oxime groups is 1. The van der Waals surface area contributed by atoms with Crippen molar-refractivity contribution in [3.63, 3.8) is 0 Å². The first-order chi connectivity index (χ1) is 6.35. The lowest BCUT2D eigenvalue weighted by atomic mass is 9.77.